The summed E-state index contributed by atoms with van der Waals surface area (Å²) in [5.41, 5.74) is -0.0856. The lowest BCUT2D eigenvalue weighted by molar-refractivity contribution is -0.141. The minimum Gasteiger partial charge on any atom is -0.469 e. The van der Waals surface area contributed by atoms with Crippen molar-refractivity contribution < 1.29 is 32.3 Å². The molecule has 2 aromatic carbocycles. The van der Waals surface area contributed by atoms with Gasteiger partial charge in [0.25, 0.3) is 0 Å². The number of rotatable bonds is 6. The molecule has 1 N–H and O–H groups in total. The first-order valence-electron chi connectivity index (χ1n) is 9.59. The molecule has 2 aromatic rings. The number of alkyl halides is 3. The Bertz CT molecular complexity index is 963. The largest absolute Gasteiger partial charge is 0.469 e. The van der Waals surface area contributed by atoms with Crippen molar-refractivity contribution in [2.75, 3.05) is 18.6 Å². The van der Waals surface area contributed by atoms with Crippen LogP contribution in [0.2, 0.25) is 0 Å². The highest BCUT2D eigenvalue weighted by molar-refractivity contribution is 6.00. The third-order valence-corrected chi connectivity index (χ3v) is 5.10. The molecule has 164 valence electrons. The van der Waals surface area contributed by atoms with Gasteiger partial charge in [0.05, 0.1) is 31.1 Å². The van der Waals surface area contributed by atoms with Crippen LogP contribution in [0.3, 0.4) is 0 Å². The van der Waals surface area contributed by atoms with Crippen LogP contribution >= 0.6 is 0 Å². The molecule has 2 unspecified atom stereocenters. The van der Waals surface area contributed by atoms with Gasteiger partial charge in [0.1, 0.15) is 0 Å². The van der Waals surface area contributed by atoms with E-state index in [-0.39, 0.29) is 25.1 Å². The summed E-state index contributed by atoms with van der Waals surface area (Å²) in [7, 11) is 1.24. The molecule has 1 aliphatic rings. The lowest BCUT2D eigenvalue weighted by atomic mass is 10.0. The number of methoxy groups -OCH3 is 1. The molecule has 0 aromatic heterocycles. The molecule has 1 fully saturated rings. The van der Waals surface area contributed by atoms with Crippen LogP contribution in [-0.2, 0) is 25.3 Å². The van der Waals surface area contributed by atoms with E-state index in [4.69, 9.17) is 4.74 Å². The van der Waals surface area contributed by atoms with Crippen molar-refractivity contribution in [3.8, 4) is 0 Å². The molecule has 0 aliphatic carbocycles. The summed E-state index contributed by atoms with van der Waals surface area (Å²) in [6, 6.07) is 12.6. The van der Waals surface area contributed by atoms with Crippen molar-refractivity contribution in [2.24, 2.45) is 5.92 Å². The fourth-order valence-corrected chi connectivity index (χ4v) is 3.46. The minimum atomic E-state index is -4.54. The average Bonchev–Trinajstić information content (AvgIpc) is 3.15. The van der Waals surface area contributed by atoms with Gasteiger partial charge < -0.3 is 15.0 Å². The summed E-state index contributed by atoms with van der Waals surface area (Å²) < 4.78 is 43.7. The summed E-state index contributed by atoms with van der Waals surface area (Å²) in [6.45, 7) is -0.0499. The molecule has 1 heterocycles. The SMILES string of the molecule is COC(=O)CC(NC(=O)C1CC(=O)N(c2cccc(C(F)(F)F)c2)C1)c1ccccc1. The Kier molecular flexibility index (Phi) is 6.62. The maximum Gasteiger partial charge on any atom is 0.416 e. The number of hydrogen-bond donors (Lipinski definition) is 1. The summed E-state index contributed by atoms with van der Waals surface area (Å²) in [6.07, 6.45) is -4.77. The average molecular weight is 434 g/mol. The van der Waals surface area contributed by atoms with E-state index in [0.29, 0.717) is 5.56 Å². The van der Waals surface area contributed by atoms with E-state index in [0.717, 1.165) is 12.1 Å². The Labute approximate surface area is 177 Å². The fraction of sp³-hybridized carbons (Fsp3) is 0.318. The molecule has 9 heteroatoms. The number of ether oxygens (including phenoxy) is 1. The van der Waals surface area contributed by atoms with Crippen LogP contribution in [0.4, 0.5) is 18.9 Å². The van der Waals surface area contributed by atoms with E-state index in [1.165, 1.54) is 24.1 Å². The molecule has 1 saturated heterocycles. The van der Waals surface area contributed by atoms with Crippen molar-refractivity contribution in [3.63, 3.8) is 0 Å². The molecular formula is C22H21F3N2O4. The molecule has 6 nitrogen and oxygen atoms in total. The first-order valence-corrected chi connectivity index (χ1v) is 9.59. The Morgan fingerprint density at radius 2 is 1.87 bits per heavy atom. The van der Waals surface area contributed by atoms with Gasteiger partial charge in [-0.3, -0.25) is 14.4 Å². The molecule has 1 aliphatic heterocycles. The second-order valence-electron chi connectivity index (χ2n) is 7.21. The third kappa shape index (κ3) is 5.42. The van der Waals surface area contributed by atoms with Crippen molar-refractivity contribution in [1.82, 2.24) is 5.32 Å². The predicted octanol–water partition coefficient (Wildman–Crippen LogP) is 3.48. The van der Waals surface area contributed by atoms with Crippen LogP contribution in [0.15, 0.2) is 54.6 Å². The first-order chi connectivity index (χ1) is 14.7. The van der Waals surface area contributed by atoms with E-state index in [9.17, 15) is 27.6 Å². The molecular weight excluding hydrogens is 413 g/mol. The maximum atomic E-state index is 13.0. The summed E-state index contributed by atoms with van der Waals surface area (Å²) in [5, 5.41) is 2.77. The van der Waals surface area contributed by atoms with Gasteiger partial charge in [-0.05, 0) is 23.8 Å². The molecule has 3 rings (SSSR count). The Morgan fingerprint density at radius 3 is 2.52 bits per heavy atom. The van der Waals surface area contributed by atoms with Crippen LogP contribution in [0.1, 0.15) is 30.0 Å². The van der Waals surface area contributed by atoms with Crippen LogP contribution in [-0.4, -0.2) is 31.4 Å². The minimum absolute atomic E-state index is 0.0499. The number of hydrogen-bond acceptors (Lipinski definition) is 4. The highest BCUT2D eigenvalue weighted by Gasteiger charge is 2.37. The predicted molar refractivity (Wildman–Crippen MR) is 106 cm³/mol. The number of amides is 2. The van der Waals surface area contributed by atoms with Gasteiger partial charge in [0.15, 0.2) is 0 Å². The van der Waals surface area contributed by atoms with Crippen molar-refractivity contribution >= 4 is 23.5 Å². The monoisotopic (exact) mass is 434 g/mol. The van der Waals surface area contributed by atoms with Gasteiger partial charge in [-0.2, -0.15) is 13.2 Å². The molecule has 2 atom stereocenters. The summed E-state index contributed by atoms with van der Waals surface area (Å²) >= 11 is 0. The number of carbonyl (C=O) groups excluding carboxylic acids is 3. The summed E-state index contributed by atoms with van der Waals surface area (Å²) in [4.78, 5) is 38.2. The number of nitrogens with one attached hydrogen (secondary N) is 1. The first kappa shape index (κ1) is 22.3. The lowest BCUT2D eigenvalue weighted by Crippen LogP contribution is -2.36. The standard InChI is InChI=1S/C22H21F3N2O4/c1-31-20(29)12-18(14-6-3-2-4-7-14)26-21(30)15-10-19(28)27(13-15)17-9-5-8-16(11-17)22(23,24)25/h2-9,11,15,18H,10,12-13H2,1H3,(H,26,30). The zero-order valence-corrected chi connectivity index (χ0v) is 16.7. The lowest BCUT2D eigenvalue weighted by Gasteiger charge is -2.21. The second kappa shape index (κ2) is 9.20. The van der Waals surface area contributed by atoms with Crippen molar-refractivity contribution in [1.29, 1.82) is 0 Å². The molecule has 0 radical (unpaired) electrons. The van der Waals surface area contributed by atoms with E-state index in [2.05, 4.69) is 5.32 Å². The van der Waals surface area contributed by atoms with Crippen molar-refractivity contribution in [3.05, 3.63) is 65.7 Å². The van der Waals surface area contributed by atoms with E-state index < -0.39 is 41.5 Å². The second-order valence-corrected chi connectivity index (χ2v) is 7.21. The van der Waals surface area contributed by atoms with E-state index >= 15 is 0 Å². The van der Waals surface area contributed by atoms with Gasteiger partial charge >= 0.3 is 12.1 Å². The molecule has 31 heavy (non-hydrogen) atoms. The smallest absolute Gasteiger partial charge is 0.416 e. The van der Waals surface area contributed by atoms with E-state index in [1.807, 2.05) is 0 Å². The van der Waals surface area contributed by atoms with Crippen LogP contribution in [0.5, 0.6) is 0 Å². The summed E-state index contributed by atoms with van der Waals surface area (Å²) in [5.74, 6) is -2.17. The number of esters is 1. The topological polar surface area (TPSA) is 75.7 Å². The Morgan fingerprint density at radius 1 is 1.16 bits per heavy atom. The number of halogens is 3. The number of carbonyl (C=O) groups is 3. The van der Waals surface area contributed by atoms with Gasteiger partial charge in [0, 0.05) is 18.7 Å². The maximum absolute atomic E-state index is 13.0. The normalized spacial score (nSPS) is 17.4. The van der Waals surface area contributed by atoms with E-state index in [1.54, 1.807) is 30.3 Å². The van der Waals surface area contributed by atoms with Gasteiger partial charge in [-0.1, -0.05) is 36.4 Å². The van der Waals surface area contributed by atoms with Crippen molar-refractivity contribution in [2.45, 2.75) is 25.1 Å². The molecule has 0 spiro atoms. The zero-order chi connectivity index (χ0) is 22.6. The van der Waals surface area contributed by atoms with Crippen LogP contribution < -0.4 is 10.2 Å². The quantitative estimate of drug-likeness (QED) is 0.707. The molecule has 0 bridgehead atoms. The highest BCUT2D eigenvalue weighted by atomic mass is 19.4. The van der Waals surface area contributed by atoms with Crippen LogP contribution in [0.25, 0.3) is 0 Å². The Hall–Kier alpha value is -3.36. The van der Waals surface area contributed by atoms with Crippen LogP contribution in [0, 0.1) is 5.92 Å². The molecule has 0 saturated carbocycles. The number of benzene rings is 2. The number of nitrogens with zero attached hydrogens (tertiary/aromatic N) is 1. The zero-order valence-electron chi connectivity index (χ0n) is 16.7. The highest BCUT2D eigenvalue weighted by Crippen LogP contribution is 2.33. The third-order valence-electron chi connectivity index (χ3n) is 5.10. The molecule has 2 amide bonds. The van der Waals surface area contributed by atoms with Gasteiger partial charge in [-0.15, -0.1) is 0 Å². The number of anilines is 1. The Balaban J connectivity index is 1.74. The van der Waals surface area contributed by atoms with Gasteiger partial charge in [-0.25, -0.2) is 0 Å². The van der Waals surface area contributed by atoms with Gasteiger partial charge in [0.2, 0.25) is 11.8 Å². The fourth-order valence-electron chi connectivity index (χ4n) is 3.46.